The number of hydrogen-bond acceptors (Lipinski definition) is 5. The first-order chi connectivity index (χ1) is 11.5. The molecule has 0 fully saturated rings. The highest BCUT2D eigenvalue weighted by Gasteiger charge is 2.25. The Morgan fingerprint density at radius 2 is 2.25 bits per heavy atom. The van der Waals surface area contributed by atoms with Gasteiger partial charge in [0.1, 0.15) is 11.6 Å². The van der Waals surface area contributed by atoms with E-state index in [1.165, 1.54) is 18.2 Å². The Balaban J connectivity index is 1.85. The van der Waals surface area contributed by atoms with Gasteiger partial charge in [-0.15, -0.1) is 11.3 Å². The third-order valence-electron chi connectivity index (χ3n) is 3.86. The molecule has 1 atom stereocenters. The molecule has 1 aromatic carbocycles. The predicted molar refractivity (Wildman–Crippen MR) is 87.0 cm³/mol. The van der Waals surface area contributed by atoms with Crippen LogP contribution in [0.1, 0.15) is 39.0 Å². The van der Waals surface area contributed by atoms with E-state index in [0.717, 1.165) is 11.3 Å². The Hall–Kier alpha value is -2.48. The van der Waals surface area contributed by atoms with Crippen LogP contribution in [0.15, 0.2) is 24.3 Å². The number of rotatable bonds is 3. The third-order valence-corrected chi connectivity index (χ3v) is 4.90. The number of ether oxygens (including phenoxy) is 1. The van der Waals surface area contributed by atoms with Gasteiger partial charge in [0.25, 0.3) is 11.6 Å². The Morgan fingerprint density at radius 1 is 1.46 bits per heavy atom. The normalized spacial score (nSPS) is 16.7. The summed E-state index contributed by atoms with van der Waals surface area (Å²) in [5.41, 5.74) is 0.518. The lowest BCUT2D eigenvalue weighted by Gasteiger charge is -2.18. The standard InChI is InChI=1S/C16H15FN2O4S/c1-9-13(19(21)22)8-15(24-9)16(20)18-12-3-2-6-23-14-5-4-10(17)7-11(12)14/h4-5,7-8,12H,2-3,6H2,1H3,(H,18,20). The summed E-state index contributed by atoms with van der Waals surface area (Å²) in [5, 5.41) is 13.8. The number of aryl methyl sites for hydroxylation is 1. The number of nitrogens with one attached hydrogen (secondary N) is 1. The zero-order valence-electron chi connectivity index (χ0n) is 12.9. The van der Waals surface area contributed by atoms with E-state index < -0.39 is 22.7 Å². The molecule has 0 saturated carbocycles. The van der Waals surface area contributed by atoms with Crippen LogP contribution >= 0.6 is 11.3 Å². The summed E-state index contributed by atoms with van der Waals surface area (Å²) >= 11 is 1.07. The van der Waals surface area contributed by atoms with E-state index in [2.05, 4.69) is 5.32 Å². The van der Waals surface area contributed by atoms with Gasteiger partial charge in [-0.05, 0) is 38.0 Å². The van der Waals surface area contributed by atoms with Crippen LogP contribution in [0.5, 0.6) is 5.75 Å². The molecular formula is C16H15FN2O4S. The first kappa shape index (κ1) is 16.4. The van der Waals surface area contributed by atoms with Gasteiger partial charge in [0.2, 0.25) is 0 Å². The molecule has 0 bridgehead atoms. The summed E-state index contributed by atoms with van der Waals surface area (Å²) in [6.07, 6.45) is 1.32. The van der Waals surface area contributed by atoms with Gasteiger partial charge in [0, 0.05) is 11.6 Å². The lowest BCUT2D eigenvalue weighted by Crippen LogP contribution is -2.27. The number of carbonyl (C=O) groups excluding carboxylic acids is 1. The Labute approximate surface area is 141 Å². The molecule has 1 unspecified atom stereocenters. The fraction of sp³-hybridized carbons (Fsp3) is 0.312. The Kier molecular flexibility index (Phi) is 4.48. The van der Waals surface area contributed by atoms with Crippen LogP contribution < -0.4 is 10.1 Å². The molecule has 1 aromatic heterocycles. The van der Waals surface area contributed by atoms with E-state index in [-0.39, 0.29) is 10.6 Å². The number of nitrogens with zero attached hydrogens (tertiary/aromatic N) is 1. The summed E-state index contributed by atoms with van der Waals surface area (Å²) in [7, 11) is 0. The summed E-state index contributed by atoms with van der Waals surface area (Å²) in [5.74, 6) is -0.257. The first-order valence-corrected chi connectivity index (χ1v) is 8.25. The second kappa shape index (κ2) is 6.56. The van der Waals surface area contributed by atoms with Crippen LogP contribution in [-0.4, -0.2) is 17.4 Å². The highest BCUT2D eigenvalue weighted by Crippen LogP contribution is 2.33. The molecule has 1 N–H and O–H groups in total. The summed E-state index contributed by atoms with van der Waals surface area (Å²) in [6.45, 7) is 2.10. The van der Waals surface area contributed by atoms with Gasteiger partial charge in [-0.2, -0.15) is 0 Å². The van der Waals surface area contributed by atoms with Crippen LogP contribution in [0.3, 0.4) is 0 Å². The van der Waals surface area contributed by atoms with E-state index >= 15 is 0 Å². The molecule has 1 aliphatic heterocycles. The average Bonchev–Trinajstić information content (AvgIpc) is 2.83. The van der Waals surface area contributed by atoms with Gasteiger partial charge in [-0.3, -0.25) is 14.9 Å². The minimum atomic E-state index is -0.507. The van der Waals surface area contributed by atoms with Crippen molar-refractivity contribution in [3.05, 3.63) is 55.5 Å². The minimum absolute atomic E-state index is 0.0687. The molecule has 0 radical (unpaired) electrons. The fourth-order valence-electron chi connectivity index (χ4n) is 2.69. The minimum Gasteiger partial charge on any atom is -0.493 e. The van der Waals surface area contributed by atoms with Gasteiger partial charge < -0.3 is 10.1 Å². The lowest BCUT2D eigenvalue weighted by atomic mass is 10.0. The van der Waals surface area contributed by atoms with Crippen LogP contribution in [0.4, 0.5) is 10.1 Å². The van der Waals surface area contributed by atoms with Crippen LogP contribution in [0.2, 0.25) is 0 Å². The maximum atomic E-state index is 13.6. The van der Waals surface area contributed by atoms with Crippen molar-refractivity contribution >= 4 is 22.9 Å². The zero-order chi connectivity index (χ0) is 17.3. The van der Waals surface area contributed by atoms with Crippen molar-refractivity contribution in [1.29, 1.82) is 0 Å². The SMILES string of the molecule is Cc1sc(C(=O)NC2CCCOc3ccc(F)cc32)cc1[N+](=O)[O-]. The third kappa shape index (κ3) is 3.23. The molecule has 2 heterocycles. The van der Waals surface area contributed by atoms with E-state index in [9.17, 15) is 19.3 Å². The van der Waals surface area contributed by atoms with Crippen molar-refractivity contribution in [1.82, 2.24) is 5.32 Å². The average molecular weight is 350 g/mol. The highest BCUT2D eigenvalue weighted by atomic mass is 32.1. The van der Waals surface area contributed by atoms with Crippen molar-refractivity contribution in [2.45, 2.75) is 25.8 Å². The number of thiophene rings is 1. The quantitative estimate of drug-likeness (QED) is 0.675. The summed E-state index contributed by atoms with van der Waals surface area (Å²) in [4.78, 5) is 23.6. The molecule has 1 aliphatic rings. The smallest absolute Gasteiger partial charge is 0.283 e. The molecular weight excluding hydrogens is 335 g/mol. The Bertz CT molecular complexity index is 805. The number of fused-ring (bicyclic) bond motifs is 1. The molecule has 0 spiro atoms. The van der Waals surface area contributed by atoms with Crippen molar-refractivity contribution in [2.75, 3.05) is 6.61 Å². The largest absolute Gasteiger partial charge is 0.493 e. The monoisotopic (exact) mass is 350 g/mol. The molecule has 2 aromatic rings. The topological polar surface area (TPSA) is 81.5 Å². The second-order valence-electron chi connectivity index (χ2n) is 5.51. The molecule has 3 rings (SSSR count). The van der Waals surface area contributed by atoms with Crippen molar-refractivity contribution in [3.63, 3.8) is 0 Å². The van der Waals surface area contributed by atoms with Crippen LogP contribution in [0.25, 0.3) is 0 Å². The van der Waals surface area contributed by atoms with Crippen molar-refractivity contribution in [2.24, 2.45) is 0 Å². The highest BCUT2D eigenvalue weighted by molar-refractivity contribution is 7.14. The number of amides is 1. The molecule has 1 amide bonds. The molecule has 8 heteroatoms. The molecule has 24 heavy (non-hydrogen) atoms. The fourth-order valence-corrected chi connectivity index (χ4v) is 3.58. The maximum absolute atomic E-state index is 13.6. The number of hydrogen-bond donors (Lipinski definition) is 1. The van der Waals surface area contributed by atoms with Gasteiger partial charge in [-0.25, -0.2) is 4.39 Å². The number of benzene rings is 1. The predicted octanol–water partition coefficient (Wildman–Crippen LogP) is 3.75. The first-order valence-electron chi connectivity index (χ1n) is 7.43. The van der Waals surface area contributed by atoms with Gasteiger partial charge >= 0.3 is 0 Å². The van der Waals surface area contributed by atoms with Gasteiger partial charge in [0.15, 0.2) is 0 Å². The molecule has 0 saturated heterocycles. The molecule has 6 nitrogen and oxygen atoms in total. The molecule has 0 aliphatic carbocycles. The summed E-state index contributed by atoms with van der Waals surface area (Å²) < 4.78 is 19.1. The van der Waals surface area contributed by atoms with E-state index in [1.807, 2.05) is 0 Å². The van der Waals surface area contributed by atoms with Crippen molar-refractivity contribution < 1.29 is 18.8 Å². The zero-order valence-corrected chi connectivity index (χ0v) is 13.7. The second-order valence-corrected chi connectivity index (χ2v) is 6.76. The van der Waals surface area contributed by atoms with Crippen LogP contribution in [-0.2, 0) is 0 Å². The van der Waals surface area contributed by atoms with E-state index in [0.29, 0.717) is 35.6 Å². The molecule has 126 valence electrons. The van der Waals surface area contributed by atoms with E-state index in [1.54, 1.807) is 13.0 Å². The number of nitro groups is 1. The van der Waals surface area contributed by atoms with Gasteiger partial charge in [-0.1, -0.05) is 0 Å². The number of halogens is 1. The maximum Gasteiger partial charge on any atom is 0.283 e. The van der Waals surface area contributed by atoms with Crippen molar-refractivity contribution in [3.8, 4) is 5.75 Å². The number of carbonyl (C=O) groups is 1. The van der Waals surface area contributed by atoms with Gasteiger partial charge in [0.05, 0.1) is 27.3 Å². The lowest BCUT2D eigenvalue weighted by molar-refractivity contribution is -0.385. The van der Waals surface area contributed by atoms with E-state index in [4.69, 9.17) is 4.74 Å². The summed E-state index contributed by atoms with van der Waals surface area (Å²) in [6, 6.07) is 5.10. The Morgan fingerprint density at radius 3 is 2.96 bits per heavy atom. The van der Waals surface area contributed by atoms with Crippen LogP contribution in [0, 0.1) is 22.9 Å².